The van der Waals surface area contributed by atoms with Crippen molar-refractivity contribution in [2.75, 3.05) is 20.3 Å². The van der Waals surface area contributed by atoms with E-state index in [2.05, 4.69) is 0 Å². The highest BCUT2D eigenvalue weighted by atomic mass is 16.5. The van der Waals surface area contributed by atoms with Gasteiger partial charge >= 0.3 is 0 Å². The Balaban J connectivity index is 2.08. The van der Waals surface area contributed by atoms with Crippen molar-refractivity contribution in [2.24, 2.45) is 0 Å². The minimum atomic E-state index is -0.695. The number of benzene rings is 2. The van der Waals surface area contributed by atoms with Gasteiger partial charge in [0.15, 0.2) is 0 Å². The van der Waals surface area contributed by atoms with Crippen molar-refractivity contribution in [3.63, 3.8) is 0 Å². The molecule has 1 fully saturated rings. The minimum Gasteiger partial charge on any atom is -0.507 e. The lowest BCUT2D eigenvalue weighted by molar-refractivity contribution is -0.140. The number of carbonyl (C=O) groups excluding carboxylic acids is 2. The zero-order chi connectivity index (χ0) is 21.8. The van der Waals surface area contributed by atoms with Crippen molar-refractivity contribution in [1.29, 1.82) is 0 Å². The quantitative estimate of drug-likeness (QED) is 0.427. The summed E-state index contributed by atoms with van der Waals surface area (Å²) >= 11 is 0. The van der Waals surface area contributed by atoms with Gasteiger partial charge in [0.1, 0.15) is 11.5 Å². The number of ether oxygens (including phenoxy) is 2. The molecular formula is C24H27NO5. The number of nitrogens with zero attached hydrogens (tertiary/aromatic N) is 1. The van der Waals surface area contributed by atoms with Gasteiger partial charge in [0.2, 0.25) is 0 Å². The Labute approximate surface area is 176 Å². The van der Waals surface area contributed by atoms with E-state index in [0.29, 0.717) is 17.9 Å². The second-order valence-electron chi connectivity index (χ2n) is 7.55. The maximum atomic E-state index is 12.9. The molecular weight excluding hydrogens is 382 g/mol. The molecule has 1 N–H and O–H groups in total. The third-order valence-electron chi connectivity index (χ3n) is 5.04. The Morgan fingerprint density at radius 2 is 1.83 bits per heavy atom. The summed E-state index contributed by atoms with van der Waals surface area (Å²) < 4.78 is 10.8. The van der Waals surface area contributed by atoms with Crippen LogP contribution in [-0.4, -0.2) is 48.1 Å². The van der Waals surface area contributed by atoms with Crippen molar-refractivity contribution in [1.82, 2.24) is 4.90 Å². The van der Waals surface area contributed by atoms with E-state index < -0.39 is 17.7 Å². The number of methoxy groups -OCH3 is 1. The van der Waals surface area contributed by atoms with Gasteiger partial charge in [-0.1, -0.05) is 29.8 Å². The average molecular weight is 409 g/mol. The zero-order valence-corrected chi connectivity index (χ0v) is 17.7. The van der Waals surface area contributed by atoms with Crippen molar-refractivity contribution in [2.45, 2.75) is 32.9 Å². The fourth-order valence-electron chi connectivity index (χ4n) is 3.59. The second-order valence-corrected chi connectivity index (χ2v) is 7.55. The number of aryl methyl sites for hydroxylation is 1. The van der Waals surface area contributed by atoms with E-state index >= 15 is 0 Å². The minimum absolute atomic E-state index is 0.0125. The fraction of sp³-hybridized carbons (Fsp3) is 0.333. The highest BCUT2D eigenvalue weighted by molar-refractivity contribution is 6.46. The first kappa shape index (κ1) is 21.6. The molecule has 1 atom stereocenters. The molecule has 0 bridgehead atoms. The summed E-state index contributed by atoms with van der Waals surface area (Å²) in [4.78, 5) is 27.3. The average Bonchev–Trinajstić information content (AvgIpc) is 2.98. The molecule has 1 unspecified atom stereocenters. The Morgan fingerprint density at radius 3 is 2.43 bits per heavy atom. The first-order valence-corrected chi connectivity index (χ1v) is 9.94. The molecule has 1 saturated heterocycles. The van der Waals surface area contributed by atoms with Crippen LogP contribution < -0.4 is 4.74 Å². The van der Waals surface area contributed by atoms with E-state index in [4.69, 9.17) is 9.47 Å². The van der Waals surface area contributed by atoms with Crippen LogP contribution in [0.1, 0.15) is 36.6 Å². The van der Waals surface area contributed by atoms with Gasteiger partial charge in [0.05, 0.1) is 31.4 Å². The molecule has 3 rings (SSSR count). The normalized spacial score (nSPS) is 18.3. The summed E-state index contributed by atoms with van der Waals surface area (Å²) in [5.74, 6) is -0.897. The Bertz CT molecular complexity index is 962. The molecule has 0 spiro atoms. The smallest absolute Gasteiger partial charge is 0.295 e. The van der Waals surface area contributed by atoms with E-state index in [-0.39, 0.29) is 24.0 Å². The summed E-state index contributed by atoms with van der Waals surface area (Å²) in [5, 5.41) is 11.0. The second kappa shape index (κ2) is 9.13. The number of ketones is 1. The van der Waals surface area contributed by atoms with E-state index in [0.717, 1.165) is 11.1 Å². The van der Waals surface area contributed by atoms with E-state index in [1.807, 2.05) is 45.0 Å². The SMILES string of the molecule is COc1ccc(/C(O)=C2/C(=O)C(=O)N(CCOC(C)C)C2c2cccc(C)c2)cc1. The van der Waals surface area contributed by atoms with E-state index in [1.54, 1.807) is 31.4 Å². The standard InChI is InChI=1S/C24H27NO5/c1-15(2)30-13-12-25-21(18-7-5-6-16(3)14-18)20(23(27)24(25)28)22(26)17-8-10-19(29-4)11-9-17/h5-11,14-15,21,26H,12-13H2,1-4H3/b22-20-. The predicted molar refractivity (Wildman–Crippen MR) is 114 cm³/mol. The number of rotatable bonds is 7. The lowest BCUT2D eigenvalue weighted by Gasteiger charge is -2.26. The van der Waals surface area contributed by atoms with Gasteiger partial charge in [-0.15, -0.1) is 0 Å². The molecule has 0 aliphatic carbocycles. The van der Waals surface area contributed by atoms with Crippen LogP contribution in [0.2, 0.25) is 0 Å². The number of aliphatic hydroxyl groups excluding tert-OH is 1. The molecule has 6 heteroatoms. The molecule has 2 aromatic carbocycles. The number of Topliss-reactive ketones (excluding diaryl/α,β-unsaturated/α-hetero) is 1. The van der Waals surface area contributed by atoms with Crippen LogP contribution in [0.3, 0.4) is 0 Å². The van der Waals surface area contributed by atoms with Gasteiger partial charge in [-0.25, -0.2) is 0 Å². The van der Waals surface area contributed by atoms with Crippen LogP contribution >= 0.6 is 0 Å². The number of hydrogen-bond donors (Lipinski definition) is 1. The Morgan fingerprint density at radius 1 is 1.13 bits per heavy atom. The highest BCUT2D eigenvalue weighted by Crippen LogP contribution is 2.39. The molecule has 1 amide bonds. The molecule has 0 aromatic heterocycles. The maximum absolute atomic E-state index is 12.9. The molecule has 1 aliphatic rings. The van der Waals surface area contributed by atoms with E-state index in [1.165, 1.54) is 4.90 Å². The van der Waals surface area contributed by atoms with Crippen LogP contribution in [0.5, 0.6) is 5.75 Å². The molecule has 2 aromatic rings. The molecule has 0 radical (unpaired) electrons. The number of aliphatic hydroxyl groups is 1. The summed E-state index contributed by atoms with van der Waals surface area (Å²) in [5.41, 5.74) is 2.31. The van der Waals surface area contributed by atoms with Crippen molar-refractivity contribution in [3.8, 4) is 5.75 Å². The van der Waals surface area contributed by atoms with Crippen molar-refractivity contribution in [3.05, 3.63) is 70.8 Å². The van der Waals surface area contributed by atoms with Gasteiger partial charge in [-0.2, -0.15) is 0 Å². The van der Waals surface area contributed by atoms with Crippen LogP contribution in [0.25, 0.3) is 5.76 Å². The Kier molecular flexibility index (Phi) is 6.57. The van der Waals surface area contributed by atoms with Gasteiger partial charge < -0.3 is 19.5 Å². The van der Waals surface area contributed by atoms with Crippen molar-refractivity contribution < 1.29 is 24.2 Å². The van der Waals surface area contributed by atoms with Gasteiger partial charge in [-0.3, -0.25) is 9.59 Å². The number of likely N-dealkylation sites (tertiary alicyclic amines) is 1. The molecule has 1 aliphatic heterocycles. The number of amides is 1. The zero-order valence-electron chi connectivity index (χ0n) is 17.7. The number of hydrogen-bond acceptors (Lipinski definition) is 5. The summed E-state index contributed by atoms with van der Waals surface area (Å²) in [7, 11) is 1.55. The van der Waals surface area contributed by atoms with Crippen LogP contribution in [0.15, 0.2) is 54.1 Å². The highest BCUT2D eigenvalue weighted by Gasteiger charge is 2.45. The fourth-order valence-corrected chi connectivity index (χ4v) is 3.59. The van der Waals surface area contributed by atoms with E-state index in [9.17, 15) is 14.7 Å². The maximum Gasteiger partial charge on any atom is 0.295 e. The number of carbonyl (C=O) groups is 2. The van der Waals surface area contributed by atoms with Crippen LogP contribution in [-0.2, 0) is 14.3 Å². The monoisotopic (exact) mass is 409 g/mol. The molecule has 0 saturated carbocycles. The van der Waals surface area contributed by atoms with Crippen LogP contribution in [0.4, 0.5) is 0 Å². The summed E-state index contributed by atoms with van der Waals surface area (Å²) in [6.45, 7) is 6.32. The first-order valence-electron chi connectivity index (χ1n) is 9.94. The third-order valence-corrected chi connectivity index (χ3v) is 5.04. The molecule has 30 heavy (non-hydrogen) atoms. The lowest BCUT2D eigenvalue weighted by Crippen LogP contribution is -2.33. The van der Waals surface area contributed by atoms with Crippen LogP contribution in [0, 0.1) is 6.92 Å². The van der Waals surface area contributed by atoms with Gasteiger partial charge in [-0.05, 0) is 50.6 Å². The third kappa shape index (κ3) is 4.39. The van der Waals surface area contributed by atoms with Gasteiger partial charge in [0.25, 0.3) is 11.7 Å². The molecule has 6 nitrogen and oxygen atoms in total. The summed E-state index contributed by atoms with van der Waals surface area (Å²) in [6.07, 6.45) is 0.0125. The first-order chi connectivity index (χ1) is 14.3. The Hall–Kier alpha value is -3.12. The van der Waals surface area contributed by atoms with Crippen molar-refractivity contribution >= 4 is 17.4 Å². The predicted octanol–water partition coefficient (Wildman–Crippen LogP) is 3.85. The molecule has 158 valence electrons. The molecule has 1 heterocycles. The topological polar surface area (TPSA) is 76.1 Å². The largest absolute Gasteiger partial charge is 0.507 e. The van der Waals surface area contributed by atoms with Gasteiger partial charge in [0, 0.05) is 12.1 Å². The summed E-state index contributed by atoms with van der Waals surface area (Å²) in [6, 6.07) is 13.7. The lowest BCUT2D eigenvalue weighted by atomic mass is 9.94.